The molecule has 0 bridgehead atoms. The number of alkyl halides is 3. The largest absolute Gasteiger partial charge is 0.416 e. The summed E-state index contributed by atoms with van der Waals surface area (Å²) in [5, 5.41) is 4.81. The average molecular weight is 345 g/mol. The van der Waals surface area contributed by atoms with Crippen LogP contribution in [0.2, 0.25) is 0 Å². The highest BCUT2D eigenvalue weighted by Gasteiger charge is 2.30. The van der Waals surface area contributed by atoms with E-state index < -0.39 is 17.6 Å². The van der Waals surface area contributed by atoms with Crippen molar-refractivity contribution in [3.63, 3.8) is 0 Å². The minimum absolute atomic E-state index is 0.109. The van der Waals surface area contributed by atoms with E-state index in [9.17, 15) is 18.0 Å². The smallest absolute Gasteiger partial charge is 0.358 e. The number of aromatic nitrogens is 1. The first kappa shape index (κ1) is 16.8. The fourth-order valence-electron chi connectivity index (χ4n) is 2.52. The van der Waals surface area contributed by atoms with E-state index in [4.69, 9.17) is 0 Å². The Hall–Kier alpha value is -3.09. The van der Waals surface area contributed by atoms with Crippen molar-refractivity contribution in [2.24, 2.45) is 5.10 Å². The van der Waals surface area contributed by atoms with Crippen LogP contribution in [0.1, 0.15) is 27.2 Å². The van der Waals surface area contributed by atoms with Crippen LogP contribution in [0.3, 0.4) is 0 Å². The van der Waals surface area contributed by atoms with Gasteiger partial charge in [0.2, 0.25) is 0 Å². The molecule has 1 aromatic heterocycles. The summed E-state index contributed by atoms with van der Waals surface area (Å²) in [7, 11) is 0. The average Bonchev–Trinajstić information content (AvgIpc) is 2.90. The number of aryl methyl sites for hydroxylation is 1. The SMILES string of the molecule is Cc1[nH]c2ccccc2c1/C=N\NC(=O)c1cccc(C(F)(F)F)c1. The van der Waals surface area contributed by atoms with Gasteiger partial charge in [0, 0.05) is 27.7 Å². The first-order valence-corrected chi connectivity index (χ1v) is 7.44. The first-order chi connectivity index (χ1) is 11.9. The Morgan fingerprint density at radius 1 is 1.16 bits per heavy atom. The van der Waals surface area contributed by atoms with Crippen LogP contribution in [0.4, 0.5) is 13.2 Å². The minimum atomic E-state index is -4.50. The highest BCUT2D eigenvalue weighted by molar-refractivity contribution is 6.01. The number of H-pyrrole nitrogens is 1. The van der Waals surface area contributed by atoms with Crippen molar-refractivity contribution < 1.29 is 18.0 Å². The Morgan fingerprint density at radius 2 is 1.92 bits per heavy atom. The number of nitrogens with zero attached hydrogens (tertiary/aromatic N) is 1. The van der Waals surface area contributed by atoms with E-state index in [1.54, 1.807) is 0 Å². The lowest BCUT2D eigenvalue weighted by molar-refractivity contribution is -0.137. The molecule has 0 atom stereocenters. The summed E-state index contributed by atoms with van der Waals surface area (Å²) in [5.74, 6) is -0.708. The monoisotopic (exact) mass is 345 g/mol. The number of hydrazone groups is 1. The van der Waals surface area contributed by atoms with Gasteiger partial charge >= 0.3 is 6.18 Å². The van der Waals surface area contributed by atoms with Crippen LogP contribution in [0, 0.1) is 6.92 Å². The number of hydrogen-bond acceptors (Lipinski definition) is 2. The third-order valence-electron chi connectivity index (χ3n) is 3.76. The van der Waals surface area contributed by atoms with Gasteiger partial charge in [0.25, 0.3) is 5.91 Å². The molecule has 0 saturated heterocycles. The second kappa shape index (κ2) is 6.43. The van der Waals surface area contributed by atoms with Crippen molar-refractivity contribution in [1.82, 2.24) is 10.4 Å². The van der Waals surface area contributed by atoms with E-state index in [-0.39, 0.29) is 5.56 Å². The van der Waals surface area contributed by atoms with E-state index >= 15 is 0 Å². The summed E-state index contributed by atoms with van der Waals surface area (Å²) in [4.78, 5) is 15.2. The van der Waals surface area contributed by atoms with Crippen LogP contribution in [0.25, 0.3) is 10.9 Å². The predicted molar refractivity (Wildman–Crippen MR) is 89.5 cm³/mol. The van der Waals surface area contributed by atoms with Crippen LogP contribution < -0.4 is 5.43 Å². The Labute approximate surface area is 141 Å². The standard InChI is InChI=1S/C18H14F3N3O/c1-11-15(14-7-2-3-8-16(14)23-11)10-22-24-17(25)12-5-4-6-13(9-12)18(19,20)21/h2-10,23H,1H3,(H,24,25)/b22-10-. The quantitative estimate of drug-likeness (QED) is 0.541. The molecular weight excluding hydrogens is 331 g/mol. The maximum atomic E-state index is 12.7. The molecule has 0 aliphatic rings. The Kier molecular flexibility index (Phi) is 4.31. The Morgan fingerprint density at radius 3 is 2.68 bits per heavy atom. The molecule has 2 aromatic carbocycles. The maximum Gasteiger partial charge on any atom is 0.416 e. The summed E-state index contributed by atoms with van der Waals surface area (Å²) in [5.41, 5.74) is 3.88. The number of hydrogen-bond donors (Lipinski definition) is 2. The van der Waals surface area contributed by atoms with Gasteiger partial charge in [0.05, 0.1) is 11.8 Å². The molecule has 3 rings (SSSR count). The Balaban J connectivity index is 1.78. The van der Waals surface area contributed by atoms with Gasteiger partial charge in [-0.05, 0) is 31.2 Å². The van der Waals surface area contributed by atoms with Crippen LogP contribution in [0.5, 0.6) is 0 Å². The highest BCUT2D eigenvalue weighted by atomic mass is 19.4. The highest BCUT2D eigenvalue weighted by Crippen LogP contribution is 2.29. The van der Waals surface area contributed by atoms with Crippen molar-refractivity contribution in [3.8, 4) is 0 Å². The molecule has 0 aliphatic heterocycles. The van der Waals surface area contributed by atoms with Crippen LogP contribution in [0.15, 0.2) is 53.6 Å². The van der Waals surface area contributed by atoms with E-state index in [2.05, 4.69) is 15.5 Å². The van der Waals surface area contributed by atoms with Gasteiger partial charge in [-0.3, -0.25) is 4.79 Å². The molecule has 0 fully saturated rings. The number of rotatable bonds is 3. The van der Waals surface area contributed by atoms with Gasteiger partial charge in [0.1, 0.15) is 0 Å². The van der Waals surface area contributed by atoms with Gasteiger partial charge in [0.15, 0.2) is 0 Å². The number of halogens is 3. The van der Waals surface area contributed by atoms with Crippen LogP contribution in [-0.4, -0.2) is 17.1 Å². The molecule has 1 heterocycles. The molecule has 0 unspecified atom stereocenters. The van der Waals surface area contributed by atoms with Crippen LogP contribution in [-0.2, 0) is 6.18 Å². The lowest BCUT2D eigenvalue weighted by Crippen LogP contribution is -2.18. The van der Waals surface area contributed by atoms with Gasteiger partial charge in [-0.15, -0.1) is 0 Å². The zero-order valence-corrected chi connectivity index (χ0v) is 13.2. The number of aromatic amines is 1. The van der Waals surface area contributed by atoms with Gasteiger partial charge in [-0.25, -0.2) is 5.43 Å². The van der Waals surface area contributed by atoms with E-state index in [1.807, 2.05) is 31.2 Å². The molecular formula is C18H14F3N3O. The molecule has 0 saturated carbocycles. The fraction of sp³-hybridized carbons (Fsp3) is 0.111. The predicted octanol–water partition coefficient (Wildman–Crippen LogP) is 4.26. The number of carbonyl (C=O) groups is 1. The van der Waals surface area contributed by atoms with Gasteiger partial charge in [-0.1, -0.05) is 24.3 Å². The Bertz CT molecular complexity index is 958. The summed E-state index contributed by atoms with van der Waals surface area (Å²) in [6.45, 7) is 1.87. The summed E-state index contributed by atoms with van der Waals surface area (Å²) >= 11 is 0. The van der Waals surface area contributed by atoms with Crippen molar-refractivity contribution in [1.29, 1.82) is 0 Å². The molecule has 0 radical (unpaired) electrons. The second-order valence-corrected chi connectivity index (χ2v) is 5.49. The molecule has 0 aliphatic carbocycles. The number of nitrogens with one attached hydrogen (secondary N) is 2. The van der Waals surface area contributed by atoms with E-state index in [0.29, 0.717) is 0 Å². The molecule has 1 amide bonds. The molecule has 4 nitrogen and oxygen atoms in total. The molecule has 3 aromatic rings. The van der Waals surface area contributed by atoms with Crippen molar-refractivity contribution >= 4 is 23.0 Å². The first-order valence-electron chi connectivity index (χ1n) is 7.44. The topological polar surface area (TPSA) is 57.2 Å². The van der Waals surface area contributed by atoms with E-state index in [0.717, 1.165) is 34.3 Å². The maximum absolute atomic E-state index is 12.7. The number of para-hydroxylation sites is 1. The second-order valence-electron chi connectivity index (χ2n) is 5.49. The van der Waals surface area contributed by atoms with Crippen molar-refractivity contribution in [2.75, 3.05) is 0 Å². The van der Waals surface area contributed by atoms with Gasteiger partial charge < -0.3 is 4.98 Å². The third-order valence-corrected chi connectivity index (χ3v) is 3.76. The number of carbonyl (C=O) groups excluding carboxylic acids is 1. The van der Waals surface area contributed by atoms with Crippen LogP contribution >= 0.6 is 0 Å². The zero-order valence-electron chi connectivity index (χ0n) is 13.2. The third kappa shape index (κ3) is 3.55. The minimum Gasteiger partial charge on any atom is -0.358 e. The number of fused-ring (bicyclic) bond motifs is 1. The summed E-state index contributed by atoms with van der Waals surface area (Å²) in [6.07, 6.45) is -3.03. The van der Waals surface area contributed by atoms with E-state index in [1.165, 1.54) is 18.3 Å². The molecule has 25 heavy (non-hydrogen) atoms. The summed E-state index contributed by atoms with van der Waals surface area (Å²) in [6, 6.07) is 11.8. The molecule has 128 valence electrons. The fourth-order valence-corrected chi connectivity index (χ4v) is 2.52. The summed E-state index contributed by atoms with van der Waals surface area (Å²) < 4.78 is 38.1. The lowest BCUT2D eigenvalue weighted by atomic mass is 10.1. The lowest BCUT2D eigenvalue weighted by Gasteiger charge is -2.07. The normalized spacial score (nSPS) is 12.0. The zero-order chi connectivity index (χ0) is 18.0. The van der Waals surface area contributed by atoms with Crippen molar-refractivity contribution in [3.05, 3.63) is 70.9 Å². The molecule has 7 heteroatoms. The molecule has 0 spiro atoms. The molecule has 2 N–H and O–H groups in total. The van der Waals surface area contributed by atoms with Gasteiger partial charge in [-0.2, -0.15) is 18.3 Å². The number of amides is 1. The number of benzene rings is 2. The van der Waals surface area contributed by atoms with Crippen molar-refractivity contribution in [2.45, 2.75) is 13.1 Å².